The number of carbonyl (C=O) groups is 2. The molecule has 2 N–H and O–H groups in total. The summed E-state index contributed by atoms with van der Waals surface area (Å²) in [5, 5.41) is 22.5. The molecule has 0 atom stereocenters. The maximum Gasteiger partial charge on any atom is 0.349 e. The van der Waals surface area contributed by atoms with Crippen molar-refractivity contribution in [3.05, 3.63) is 58.7 Å². The van der Waals surface area contributed by atoms with E-state index in [0.717, 1.165) is 22.5 Å². The molecule has 0 bridgehead atoms. The summed E-state index contributed by atoms with van der Waals surface area (Å²) in [6.07, 6.45) is 3.49. The smallest absolute Gasteiger partial charge is 0.349 e. The van der Waals surface area contributed by atoms with Gasteiger partial charge >= 0.3 is 11.9 Å². The number of carboxylic acid groups (broad SMARTS) is 2. The molecule has 1 aromatic carbocycles. The fourth-order valence-corrected chi connectivity index (χ4v) is 3.63. The van der Waals surface area contributed by atoms with Gasteiger partial charge in [0.15, 0.2) is 11.5 Å². The minimum Gasteiger partial charge on any atom is -0.480 e. The summed E-state index contributed by atoms with van der Waals surface area (Å²) in [5.41, 5.74) is 2.45. The highest BCUT2D eigenvalue weighted by Crippen LogP contribution is 2.41. The van der Waals surface area contributed by atoms with E-state index in [1.165, 1.54) is 0 Å². The molecule has 0 saturated heterocycles. The second kappa shape index (κ2) is 7.40. The van der Waals surface area contributed by atoms with E-state index in [-0.39, 0.29) is 10.6 Å². The summed E-state index contributed by atoms with van der Waals surface area (Å²) in [6.45, 7) is 1.72. The lowest BCUT2D eigenvalue weighted by Gasteiger charge is -2.04. The zero-order valence-electron chi connectivity index (χ0n) is 13.9. The van der Waals surface area contributed by atoms with Crippen LogP contribution in [0.1, 0.15) is 20.8 Å². The highest BCUT2D eigenvalue weighted by atomic mass is 32.1. The van der Waals surface area contributed by atoms with Crippen LogP contribution in [0.4, 0.5) is 0 Å². The van der Waals surface area contributed by atoms with Crippen molar-refractivity contribution in [2.24, 2.45) is 0 Å². The molecule has 0 amide bonds. The van der Waals surface area contributed by atoms with E-state index < -0.39 is 18.5 Å². The Labute approximate surface area is 153 Å². The van der Waals surface area contributed by atoms with Gasteiger partial charge in [0.2, 0.25) is 0 Å². The van der Waals surface area contributed by atoms with Gasteiger partial charge in [-0.3, -0.25) is 4.68 Å². The standard InChI is InChI=1S/C18H16N2O5S/c1-11-15(25-10-14(21)22)17(18(23)24)26-16(11)13-7-19-20(9-13)8-12-5-3-2-4-6-12/h2-7,9H,8,10H2,1H3,(H,21,22)(H,23,24). The van der Waals surface area contributed by atoms with Crippen LogP contribution >= 0.6 is 11.3 Å². The van der Waals surface area contributed by atoms with Crippen molar-refractivity contribution in [3.63, 3.8) is 0 Å². The molecular formula is C18H16N2O5S. The van der Waals surface area contributed by atoms with Crippen LogP contribution in [0, 0.1) is 6.92 Å². The first-order valence-electron chi connectivity index (χ1n) is 7.73. The Balaban J connectivity index is 1.90. The lowest BCUT2D eigenvalue weighted by Crippen LogP contribution is -2.11. The maximum absolute atomic E-state index is 11.5. The van der Waals surface area contributed by atoms with Crippen molar-refractivity contribution in [2.75, 3.05) is 6.61 Å². The van der Waals surface area contributed by atoms with Gasteiger partial charge in [-0.1, -0.05) is 30.3 Å². The summed E-state index contributed by atoms with van der Waals surface area (Å²) in [5.74, 6) is -2.22. The van der Waals surface area contributed by atoms with Gasteiger partial charge in [0.1, 0.15) is 5.75 Å². The quantitative estimate of drug-likeness (QED) is 0.661. The largest absolute Gasteiger partial charge is 0.480 e. The summed E-state index contributed by atoms with van der Waals surface area (Å²) in [6, 6.07) is 9.85. The number of hydrogen-bond donors (Lipinski definition) is 2. The molecule has 2 aromatic heterocycles. The summed E-state index contributed by atoms with van der Waals surface area (Å²) in [7, 11) is 0. The predicted molar refractivity (Wildman–Crippen MR) is 95.9 cm³/mol. The SMILES string of the molecule is Cc1c(-c2cnn(Cc3ccccc3)c2)sc(C(=O)O)c1OCC(=O)O. The van der Waals surface area contributed by atoms with Crippen molar-refractivity contribution in [1.82, 2.24) is 9.78 Å². The summed E-state index contributed by atoms with van der Waals surface area (Å²) in [4.78, 5) is 22.9. The van der Waals surface area contributed by atoms with Crippen molar-refractivity contribution >= 4 is 23.3 Å². The number of nitrogens with zero attached hydrogens (tertiary/aromatic N) is 2. The third kappa shape index (κ3) is 3.75. The third-order valence-electron chi connectivity index (χ3n) is 3.71. The van der Waals surface area contributed by atoms with Gasteiger partial charge in [0.25, 0.3) is 0 Å². The van der Waals surface area contributed by atoms with E-state index in [0.29, 0.717) is 17.0 Å². The fourth-order valence-electron chi connectivity index (χ4n) is 2.56. The Morgan fingerprint density at radius 3 is 2.62 bits per heavy atom. The Hall–Kier alpha value is -3.13. The molecular weight excluding hydrogens is 356 g/mol. The molecule has 3 aromatic rings. The number of aliphatic carboxylic acids is 1. The first-order valence-corrected chi connectivity index (χ1v) is 8.55. The Morgan fingerprint density at radius 1 is 1.23 bits per heavy atom. The second-order valence-electron chi connectivity index (χ2n) is 5.61. The van der Waals surface area contributed by atoms with Crippen molar-refractivity contribution < 1.29 is 24.5 Å². The summed E-state index contributed by atoms with van der Waals surface area (Å²) >= 11 is 1.05. The average Bonchev–Trinajstić information content (AvgIpc) is 3.18. The van der Waals surface area contributed by atoms with Crippen molar-refractivity contribution in [3.8, 4) is 16.2 Å². The molecule has 0 saturated carbocycles. The maximum atomic E-state index is 11.5. The highest BCUT2D eigenvalue weighted by molar-refractivity contribution is 7.18. The van der Waals surface area contributed by atoms with Gasteiger partial charge in [0, 0.05) is 22.2 Å². The number of aromatic nitrogens is 2. The van der Waals surface area contributed by atoms with E-state index in [4.69, 9.17) is 9.84 Å². The van der Waals surface area contributed by atoms with Crippen LogP contribution in [-0.2, 0) is 11.3 Å². The Bertz CT molecular complexity index is 946. The van der Waals surface area contributed by atoms with Gasteiger partial charge in [-0.05, 0) is 12.5 Å². The fraction of sp³-hybridized carbons (Fsp3) is 0.167. The molecule has 0 aliphatic rings. The third-order valence-corrected chi connectivity index (χ3v) is 5.02. The van der Waals surface area contributed by atoms with E-state index in [9.17, 15) is 14.7 Å². The average molecular weight is 372 g/mol. The first kappa shape index (κ1) is 17.7. The molecule has 8 heteroatoms. The molecule has 0 spiro atoms. The second-order valence-corrected chi connectivity index (χ2v) is 6.63. The van der Waals surface area contributed by atoms with Gasteiger partial charge in [-0.2, -0.15) is 5.10 Å². The highest BCUT2D eigenvalue weighted by Gasteiger charge is 2.23. The van der Waals surface area contributed by atoms with Crippen molar-refractivity contribution in [2.45, 2.75) is 13.5 Å². The van der Waals surface area contributed by atoms with E-state index in [1.807, 2.05) is 36.5 Å². The van der Waals surface area contributed by atoms with Crippen LogP contribution in [0.5, 0.6) is 5.75 Å². The molecule has 0 aliphatic heterocycles. The van der Waals surface area contributed by atoms with Crippen LogP contribution in [-0.4, -0.2) is 38.5 Å². The molecule has 0 unspecified atom stereocenters. The van der Waals surface area contributed by atoms with Crippen LogP contribution in [0.25, 0.3) is 10.4 Å². The van der Waals surface area contributed by atoms with Crippen LogP contribution in [0.2, 0.25) is 0 Å². The minimum atomic E-state index is -1.16. The number of hydrogen-bond acceptors (Lipinski definition) is 5. The topological polar surface area (TPSA) is 102 Å². The van der Waals surface area contributed by atoms with Gasteiger partial charge in [0.05, 0.1) is 12.7 Å². The van der Waals surface area contributed by atoms with E-state index in [1.54, 1.807) is 17.8 Å². The number of thiophene rings is 1. The van der Waals surface area contributed by atoms with Gasteiger partial charge in [-0.25, -0.2) is 9.59 Å². The van der Waals surface area contributed by atoms with Crippen molar-refractivity contribution in [1.29, 1.82) is 0 Å². The van der Waals surface area contributed by atoms with Crippen LogP contribution in [0.15, 0.2) is 42.7 Å². The normalized spacial score (nSPS) is 10.7. The van der Waals surface area contributed by atoms with Gasteiger partial charge in [-0.15, -0.1) is 11.3 Å². The number of aromatic carboxylic acids is 1. The number of ether oxygens (including phenoxy) is 1. The molecule has 0 radical (unpaired) electrons. The molecule has 0 fully saturated rings. The summed E-state index contributed by atoms with van der Waals surface area (Å²) < 4.78 is 6.96. The Morgan fingerprint density at radius 2 is 1.96 bits per heavy atom. The minimum absolute atomic E-state index is 0.0189. The van der Waals surface area contributed by atoms with Crippen LogP contribution in [0.3, 0.4) is 0 Å². The molecule has 134 valence electrons. The van der Waals surface area contributed by atoms with Crippen LogP contribution < -0.4 is 4.74 Å². The monoisotopic (exact) mass is 372 g/mol. The van der Waals surface area contributed by atoms with E-state index >= 15 is 0 Å². The lowest BCUT2D eigenvalue weighted by molar-refractivity contribution is -0.139. The number of carboxylic acids is 2. The lowest BCUT2D eigenvalue weighted by atomic mass is 10.2. The first-order chi connectivity index (χ1) is 12.5. The molecule has 26 heavy (non-hydrogen) atoms. The van der Waals surface area contributed by atoms with E-state index in [2.05, 4.69) is 5.10 Å². The predicted octanol–water partition coefficient (Wildman–Crippen LogP) is 3.13. The number of rotatable bonds is 7. The molecule has 2 heterocycles. The zero-order valence-corrected chi connectivity index (χ0v) is 14.7. The molecule has 0 aliphatic carbocycles. The van der Waals surface area contributed by atoms with Gasteiger partial charge < -0.3 is 14.9 Å². The molecule has 7 nitrogen and oxygen atoms in total. The zero-order chi connectivity index (χ0) is 18.7. The number of benzene rings is 1. The Kier molecular flexibility index (Phi) is 5.04. The molecule has 3 rings (SSSR count).